The molecule has 190 valence electrons. The van der Waals surface area contributed by atoms with E-state index in [1.807, 2.05) is 36.5 Å². The fourth-order valence-electron chi connectivity index (χ4n) is 4.78. The lowest BCUT2D eigenvalue weighted by Crippen LogP contribution is -2.39. The first-order chi connectivity index (χ1) is 18.0. The number of carbonyl (C=O) groups excluding carboxylic acids is 1. The molecule has 5 rings (SSSR count). The number of halogens is 1. The van der Waals surface area contributed by atoms with Crippen molar-refractivity contribution in [3.63, 3.8) is 0 Å². The lowest BCUT2D eigenvalue weighted by Gasteiger charge is -2.31. The van der Waals surface area contributed by atoms with Gasteiger partial charge in [-0.3, -0.25) is 10.1 Å². The van der Waals surface area contributed by atoms with E-state index in [0.717, 1.165) is 42.1 Å². The normalized spacial score (nSPS) is 18.3. The van der Waals surface area contributed by atoms with Crippen molar-refractivity contribution in [3.8, 4) is 11.3 Å². The van der Waals surface area contributed by atoms with Crippen LogP contribution in [0.5, 0.6) is 0 Å². The lowest BCUT2D eigenvalue weighted by molar-refractivity contribution is -0.111. The molecule has 0 spiro atoms. The maximum atomic E-state index is 11.6. The Balaban J connectivity index is 1.18. The highest BCUT2D eigenvalue weighted by molar-refractivity contribution is 6.33. The maximum Gasteiger partial charge on any atom is 0.247 e. The fourth-order valence-corrected chi connectivity index (χ4v) is 4.97. The molecule has 8 nitrogen and oxygen atoms in total. The van der Waals surface area contributed by atoms with Gasteiger partial charge in [-0.25, -0.2) is 9.97 Å². The predicted molar refractivity (Wildman–Crippen MR) is 147 cm³/mol. The summed E-state index contributed by atoms with van der Waals surface area (Å²) in [4.78, 5) is 24.0. The molecule has 1 saturated carbocycles. The van der Waals surface area contributed by atoms with Crippen LogP contribution in [0.2, 0.25) is 5.02 Å². The van der Waals surface area contributed by atoms with Crippen LogP contribution >= 0.6 is 11.6 Å². The van der Waals surface area contributed by atoms with Gasteiger partial charge in [0, 0.05) is 40.4 Å². The largest absolute Gasteiger partial charge is 0.374 e. The monoisotopic (exact) mass is 516 g/mol. The second-order valence-corrected chi connectivity index (χ2v) is 9.63. The molecule has 1 atom stereocenters. The third kappa shape index (κ3) is 5.83. The van der Waals surface area contributed by atoms with Crippen LogP contribution in [0, 0.1) is 0 Å². The number of nitrogens with zero attached hydrogens (tertiary/aromatic N) is 2. The summed E-state index contributed by atoms with van der Waals surface area (Å²) in [7, 11) is 0. The first-order valence-electron chi connectivity index (χ1n) is 12.3. The molecule has 5 N–H and O–H groups in total. The lowest BCUT2D eigenvalue weighted by atomic mass is 9.91. The molecular weight excluding hydrogens is 488 g/mol. The number of hydrogen-bond acceptors (Lipinski definition) is 6. The molecule has 4 aromatic rings. The molecule has 2 heterocycles. The van der Waals surface area contributed by atoms with Gasteiger partial charge in [-0.1, -0.05) is 48.5 Å². The van der Waals surface area contributed by atoms with Gasteiger partial charge >= 0.3 is 0 Å². The average Bonchev–Trinajstić information content (AvgIpc) is 3.35. The van der Waals surface area contributed by atoms with E-state index >= 15 is 0 Å². The zero-order chi connectivity index (χ0) is 25.8. The fraction of sp³-hybridized carbons (Fsp3) is 0.250. The number of amides is 1. The highest BCUT2D eigenvalue weighted by atomic mass is 35.5. The number of H-pyrrole nitrogens is 1. The van der Waals surface area contributed by atoms with E-state index in [2.05, 4.69) is 32.5 Å². The third-order valence-electron chi connectivity index (χ3n) is 6.70. The van der Waals surface area contributed by atoms with Gasteiger partial charge in [-0.2, -0.15) is 0 Å². The van der Waals surface area contributed by atoms with Crippen LogP contribution in [0.15, 0.2) is 73.6 Å². The Morgan fingerprint density at radius 1 is 1.14 bits per heavy atom. The number of aromatic amines is 1. The summed E-state index contributed by atoms with van der Waals surface area (Å²) in [6.07, 6.45) is 7.56. The molecule has 2 aromatic carbocycles. The Labute approximate surface area is 220 Å². The SMILES string of the molecule is C=CC(=O)Nc1cccc(C(O)NC2CCC(Nc3ncc(Cl)c(-c4c[nH]c5ccccc45)n3)CC2)c1. The molecule has 1 unspecified atom stereocenters. The third-order valence-corrected chi connectivity index (χ3v) is 6.97. The van der Waals surface area contributed by atoms with Crippen LogP contribution in [0.1, 0.15) is 37.5 Å². The molecule has 2 aromatic heterocycles. The minimum atomic E-state index is -0.826. The van der Waals surface area contributed by atoms with Crippen molar-refractivity contribution in [3.05, 3.63) is 84.2 Å². The Morgan fingerprint density at radius 3 is 2.73 bits per heavy atom. The van der Waals surface area contributed by atoms with Gasteiger partial charge < -0.3 is 20.7 Å². The first-order valence-corrected chi connectivity index (χ1v) is 12.7. The van der Waals surface area contributed by atoms with Crippen LogP contribution in [-0.2, 0) is 4.79 Å². The van der Waals surface area contributed by atoms with E-state index in [9.17, 15) is 9.90 Å². The van der Waals surface area contributed by atoms with Crippen LogP contribution in [0.4, 0.5) is 11.6 Å². The van der Waals surface area contributed by atoms with E-state index in [-0.39, 0.29) is 18.0 Å². The van der Waals surface area contributed by atoms with Crippen LogP contribution < -0.4 is 16.0 Å². The van der Waals surface area contributed by atoms with E-state index in [0.29, 0.717) is 27.9 Å². The molecule has 0 bridgehead atoms. The summed E-state index contributed by atoms with van der Waals surface area (Å²) in [5.41, 5.74) is 3.98. The van der Waals surface area contributed by atoms with Crippen LogP contribution in [0.3, 0.4) is 0 Å². The Bertz CT molecular complexity index is 1410. The maximum absolute atomic E-state index is 11.6. The highest BCUT2D eigenvalue weighted by Crippen LogP contribution is 2.33. The summed E-state index contributed by atoms with van der Waals surface area (Å²) in [5, 5.41) is 21.8. The van der Waals surface area contributed by atoms with Crippen LogP contribution in [-0.4, -0.2) is 38.0 Å². The van der Waals surface area contributed by atoms with Crippen molar-refractivity contribution < 1.29 is 9.90 Å². The van der Waals surface area contributed by atoms with Crippen molar-refractivity contribution in [2.45, 2.75) is 44.0 Å². The molecule has 37 heavy (non-hydrogen) atoms. The second kappa shape index (κ2) is 11.1. The zero-order valence-electron chi connectivity index (χ0n) is 20.2. The van der Waals surface area contributed by atoms with E-state index in [4.69, 9.17) is 16.6 Å². The minimum absolute atomic E-state index is 0.174. The molecule has 1 amide bonds. The standard InChI is InChI=1S/C28H29ClN6O2/c1-2-25(36)32-20-7-5-6-17(14-20)27(37)33-18-10-12-19(13-11-18)34-28-31-16-23(29)26(35-28)22-15-30-24-9-4-3-8-21(22)24/h2-9,14-16,18-19,27,30,33,37H,1,10-13H2,(H,32,36)(H,31,34,35). The number of fused-ring (bicyclic) bond motifs is 1. The number of aliphatic hydroxyl groups is 1. The molecule has 1 aliphatic rings. The minimum Gasteiger partial charge on any atom is -0.374 e. The summed E-state index contributed by atoms with van der Waals surface area (Å²) in [6, 6.07) is 15.6. The second-order valence-electron chi connectivity index (χ2n) is 9.22. The molecule has 9 heteroatoms. The predicted octanol–water partition coefficient (Wildman–Crippen LogP) is 5.41. The number of benzene rings is 2. The summed E-state index contributed by atoms with van der Waals surface area (Å²) < 4.78 is 0. The number of hydrogen-bond donors (Lipinski definition) is 5. The topological polar surface area (TPSA) is 115 Å². The molecule has 0 aliphatic heterocycles. The molecule has 0 radical (unpaired) electrons. The number of aliphatic hydroxyl groups excluding tert-OH is 1. The average molecular weight is 517 g/mol. The Kier molecular flexibility index (Phi) is 7.50. The van der Waals surface area contributed by atoms with Gasteiger partial charge in [0.1, 0.15) is 6.23 Å². The van der Waals surface area contributed by atoms with E-state index < -0.39 is 6.23 Å². The number of aromatic nitrogens is 3. The van der Waals surface area contributed by atoms with Gasteiger partial charge in [0.05, 0.1) is 16.9 Å². The number of anilines is 2. The van der Waals surface area contributed by atoms with Gasteiger partial charge in [0.2, 0.25) is 11.9 Å². The van der Waals surface area contributed by atoms with Crippen LogP contribution in [0.25, 0.3) is 22.2 Å². The quantitative estimate of drug-likeness (QED) is 0.158. The summed E-state index contributed by atoms with van der Waals surface area (Å²) in [5.74, 6) is 0.267. The number of nitrogens with one attached hydrogen (secondary N) is 4. The van der Waals surface area contributed by atoms with Gasteiger partial charge in [-0.15, -0.1) is 0 Å². The van der Waals surface area contributed by atoms with Crippen molar-refractivity contribution in [2.24, 2.45) is 0 Å². The van der Waals surface area contributed by atoms with Gasteiger partial charge in [-0.05, 0) is 55.5 Å². The van der Waals surface area contributed by atoms with Gasteiger partial charge in [0.25, 0.3) is 0 Å². The van der Waals surface area contributed by atoms with Gasteiger partial charge in [0.15, 0.2) is 0 Å². The number of carbonyl (C=O) groups is 1. The van der Waals surface area contributed by atoms with E-state index in [1.165, 1.54) is 6.08 Å². The molecule has 1 aliphatic carbocycles. The number of rotatable bonds is 8. The van der Waals surface area contributed by atoms with Crippen molar-refractivity contribution in [1.29, 1.82) is 0 Å². The Morgan fingerprint density at radius 2 is 1.92 bits per heavy atom. The smallest absolute Gasteiger partial charge is 0.247 e. The van der Waals surface area contributed by atoms with Crippen molar-refractivity contribution in [1.82, 2.24) is 20.3 Å². The first kappa shape index (κ1) is 25.0. The molecule has 1 fully saturated rings. The van der Waals surface area contributed by atoms with Crippen molar-refractivity contribution in [2.75, 3.05) is 10.6 Å². The number of para-hydroxylation sites is 1. The molecular formula is C28H29ClN6O2. The summed E-state index contributed by atoms with van der Waals surface area (Å²) in [6.45, 7) is 3.46. The highest BCUT2D eigenvalue weighted by Gasteiger charge is 2.24. The summed E-state index contributed by atoms with van der Waals surface area (Å²) >= 11 is 6.47. The molecule has 0 saturated heterocycles. The Hall–Kier alpha value is -3.72. The zero-order valence-corrected chi connectivity index (χ0v) is 21.0. The van der Waals surface area contributed by atoms with E-state index in [1.54, 1.807) is 24.4 Å². The van der Waals surface area contributed by atoms with Crippen molar-refractivity contribution >= 4 is 40.0 Å².